The highest BCUT2D eigenvalue weighted by atomic mass is 15.2. The maximum absolute atomic E-state index is 4.42. The zero-order valence-electron chi connectivity index (χ0n) is 11.9. The molecule has 2 heterocycles. The lowest BCUT2D eigenvalue weighted by Gasteiger charge is -2.34. The van der Waals surface area contributed by atoms with E-state index in [-0.39, 0.29) is 0 Å². The van der Waals surface area contributed by atoms with Gasteiger partial charge in [0.25, 0.3) is 0 Å². The molecule has 0 saturated heterocycles. The van der Waals surface area contributed by atoms with E-state index in [0.717, 1.165) is 26.2 Å². The van der Waals surface area contributed by atoms with Gasteiger partial charge in [-0.1, -0.05) is 6.92 Å². The first-order valence-electron chi connectivity index (χ1n) is 7.18. The maximum atomic E-state index is 4.42. The summed E-state index contributed by atoms with van der Waals surface area (Å²) in [7, 11) is 0. The lowest BCUT2D eigenvalue weighted by Crippen LogP contribution is -2.42. The van der Waals surface area contributed by atoms with E-state index >= 15 is 0 Å². The van der Waals surface area contributed by atoms with Crippen molar-refractivity contribution in [3.8, 4) is 0 Å². The van der Waals surface area contributed by atoms with Crippen molar-refractivity contribution in [2.24, 2.45) is 0 Å². The highest BCUT2D eigenvalue weighted by molar-refractivity contribution is 4.96. The Morgan fingerprint density at radius 1 is 1.39 bits per heavy atom. The Hall–Kier alpha value is -0.870. The number of fused-ring (bicyclic) bond motifs is 1. The summed E-state index contributed by atoms with van der Waals surface area (Å²) in [6.07, 6.45) is 6.41. The average molecular weight is 250 g/mol. The molecule has 1 aliphatic rings. The highest BCUT2D eigenvalue weighted by Crippen LogP contribution is 2.15. The van der Waals surface area contributed by atoms with Crippen LogP contribution in [0.2, 0.25) is 0 Å². The predicted molar refractivity (Wildman–Crippen MR) is 74.5 cm³/mol. The van der Waals surface area contributed by atoms with Gasteiger partial charge in [0.05, 0.1) is 6.54 Å². The molecule has 1 N–H and O–H groups in total. The van der Waals surface area contributed by atoms with E-state index in [1.165, 1.54) is 18.7 Å². The van der Waals surface area contributed by atoms with Crippen LogP contribution in [-0.2, 0) is 13.1 Å². The van der Waals surface area contributed by atoms with Crippen LogP contribution >= 0.6 is 0 Å². The molecule has 4 nitrogen and oxygen atoms in total. The molecule has 0 amide bonds. The van der Waals surface area contributed by atoms with Crippen molar-refractivity contribution in [3.05, 3.63) is 18.2 Å². The first-order valence-corrected chi connectivity index (χ1v) is 7.18. The summed E-state index contributed by atoms with van der Waals surface area (Å²) in [6.45, 7) is 11.2. The maximum Gasteiger partial charge on any atom is 0.122 e. The zero-order chi connectivity index (χ0) is 13.0. The first kappa shape index (κ1) is 13.6. The van der Waals surface area contributed by atoms with Crippen molar-refractivity contribution < 1.29 is 0 Å². The predicted octanol–water partition coefficient (Wildman–Crippen LogP) is 1.87. The normalized spacial score (nSPS) is 19.5. The van der Waals surface area contributed by atoms with Gasteiger partial charge < -0.3 is 9.88 Å². The summed E-state index contributed by atoms with van der Waals surface area (Å²) < 4.78 is 2.27. The van der Waals surface area contributed by atoms with E-state index < -0.39 is 0 Å². The number of hydrogen-bond donors (Lipinski definition) is 1. The quantitative estimate of drug-likeness (QED) is 0.836. The summed E-state index contributed by atoms with van der Waals surface area (Å²) in [4.78, 5) is 6.97. The van der Waals surface area contributed by atoms with Gasteiger partial charge in [-0.15, -0.1) is 0 Å². The molecule has 2 unspecified atom stereocenters. The summed E-state index contributed by atoms with van der Waals surface area (Å²) in [5.41, 5.74) is 0. The molecule has 0 aliphatic carbocycles. The van der Waals surface area contributed by atoms with Crippen LogP contribution in [0, 0.1) is 0 Å². The molecule has 0 fully saturated rings. The Bertz CT molecular complexity index is 360. The summed E-state index contributed by atoms with van der Waals surface area (Å²) in [5.74, 6) is 1.21. The third-order valence-electron chi connectivity index (χ3n) is 3.84. The van der Waals surface area contributed by atoms with Gasteiger partial charge in [0, 0.05) is 37.6 Å². The minimum atomic E-state index is 0.599. The molecule has 2 atom stereocenters. The fourth-order valence-electron chi connectivity index (χ4n) is 2.70. The Kier molecular flexibility index (Phi) is 4.78. The van der Waals surface area contributed by atoms with Crippen LogP contribution in [-0.4, -0.2) is 39.6 Å². The zero-order valence-corrected chi connectivity index (χ0v) is 11.9. The lowest BCUT2D eigenvalue weighted by molar-refractivity contribution is 0.147. The van der Waals surface area contributed by atoms with Crippen molar-refractivity contribution in [3.63, 3.8) is 0 Å². The third kappa shape index (κ3) is 3.33. The lowest BCUT2D eigenvalue weighted by atomic mass is 10.1. The van der Waals surface area contributed by atoms with Gasteiger partial charge >= 0.3 is 0 Å². The van der Waals surface area contributed by atoms with Crippen molar-refractivity contribution >= 4 is 0 Å². The molecule has 0 radical (unpaired) electrons. The molecular formula is C14H26N4. The summed E-state index contributed by atoms with van der Waals surface area (Å²) >= 11 is 0. The fourth-order valence-corrected chi connectivity index (χ4v) is 2.70. The Labute approximate surface area is 110 Å². The van der Waals surface area contributed by atoms with Gasteiger partial charge in [-0.3, -0.25) is 4.90 Å². The van der Waals surface area contributed by atoms with Gasteiger partial charge in [-0.05, 0) is 33.2 Å². The minimum absolute atomic E-state index is 0.599. The van der Waals surface area contributed by atoms with Crippen molar-refractivity contribution in [2.45, 2.75) is 58.8 Å². The molecule has 1 aromatic heterocycles. The Morgan fingerprint density at radius 2 is 2.22 bits per heavy atom. The number of rotatable bonds is 6. The SMILES string of the molecule is CCCNC(C)CC(C)N1CCn2ccnc2C1. The fraction of sp³-hybridized carbons (Fsp3) is 0.786. The Morgan fingerprint density at radius 3 is 3.00 bits per heavy atom. The molecule has 2 rings (SSSR count). The Balaban J connectivity index is 1.82. The monoisotopic (exact) mass is 250 g/mol. The van der Waals surface area contributed by atoms with Crippen molar-refractivity contribution in [1.29, 1.82) is 0 Å². The number of nitrogens with zero attached hydrogens (tertiary/aromatic N) is 3. The van der Waals surface area contributed by atoms with Gasteiger partial charge in [-0.25, -0.2) is 4.98 Å². The topological polar surface area (TPSA) is 33.1 Å². The molecular weight excluding hydrogens is 224 g/mol. The molecule has 1 aliphatic heterocycles. The van der Waals surface area contributed by atoms with Crippen LogP contribution in [0.4, 0.5) is 0 Å². The molecule has 0 spiro atoms. The van der Waals surface area contributed by atoms with Crippen LogP contribution in [0.15, 0.2) is 12.4 Å². The van der Waals surface area contributed by atoms with E-state index in [0.29, 0.717) is 12.1 Å². The van der Waals surface area contributed by atoms with E-state index in [1.807, 2.05) is 6.20 Å². The van der Waals surface area contributed by atoms with E-state index in [4.69, 9.17) is 0 Å². The molecule has 102 valence electrons. The van der Waals surface area contributed by atoms with E-state index in [9.17, 15) is 0 Å². The molecule has 0 bridgehead atoms. The van der Waals surface area contributed by atoms with Gasteiger partial charge in [0.1, 0.15) is 5.82 Å². The summed E-state index contributed by atoms with van der Waals surface area (Å²) in [6, 6.07) is 1.22. The first-order chi connectivity index (χ1) is 8.70. The van der Waals surface area contributed by atoms with Gasteiger partial charge in [0.2, 0.25) is 0 Å². The molecule has 0 saturated carbocycles. The second-order valence-electron chi connectivity index (χ2n) is 5.45. The van der Waals surface area contributed by atoms with Crippen LogP contribution in [0.5, 0.6) is 0 Å². The highest BCUT2D eigenvalue weighted by Gasteiger charge is 2.22. The van der Waals surface area contributed by atoms with E-state index in [1.54, 1.807) is 0 Å². The second kappa shape index (κ2) is 6.34. The minimum Gasteiger partial charge on any atom is -0.333 e. The number of imidazole rings is 1. The van der Waals surface area contributed by atoms with Crippen molar-refractivity contribution in [1.82, 2.24) is 19.8 Å². The number of aromatic nitrogens is 2. The number of nitrogens with one attached hydrogen (secondary N) is 1. The average Bonchev–Trinajstić information content (AvgIpc) is 2.83. The molecule has 18 heavy (non-hydrogen) atoms. The van der Waals surface area contributed by atoms with Gasteiger partial charge in [-0.2, -0.15) is 0 Å². The smallest absolute Gasteiger partial charge is 0.122 e. The van der Waals surface area contributed by atoms with Crippen LogP contribution < -0.4 is 5.32 Å². The second-order valence-corrected chi connectivity index (χ2v) is 5.45. The number of hydrogen-bond acceptors (Lipinski definition) is 3. The van der Waals surface area contributed by atoms with Crippen molar-refractivity contribution in [2.75, 3.05) is 13.1 Å². The standard InChI is InChI=1S/C14H26N4/c1-4-5-15-12(2)10-13(3)18-9-8-17-7-6-16-14(17)11-18/h6-7,12-13,15H,4-5,8-11H2,1-3H3. The van der Waals surface area contributed by atoms with Crippen LogP contribution in [0.1, 0.15) is 39.4 Å². The third-order valence-corrected chi connectivity index (χ3v) is 3.84. The van der Waals surface area contributed by atoms with Crippen LogP contribution in [0.25, 0.3) is 0 Å². The summed E-state index contributed by atoms with van der Waals surface area (Å²) in [5, 5.41) is 3.57. The molecule has 1 aromatic rings. The molecule has 0 aromatic carbocycles. The van der Waals surface area contributed by atoms with E-state index in [2.05, 4.69) is 46.7 Å². The van der Waals surface area contributed by atoms with Gasteiger partial charge in [0.15, 0.2) is 0 Å². The molecule has 4 heteroatoms. The van der Waals surface area contributed by atoms with Crippen LogP contribution in [0.3, 0.4) is 0 Å². The largest absolute Gasteiger partial charge is 0.333 e.